The maximum Gasteiger partial charge on any atom is 0.261 e. The van der Waals surface area contributed by atoms with Crippen LogP contribution in [0.5, 0.6) is 11.5 Å². The van der Waals surface area contributed by atoms with E-state index < -0.39 is 0 Å². The Labute approximate surface area is 154 Å². The van der Waals surface area contributed by atoms with Crippen LogP contribution in [0.15, 0.2) is 36.5 Å². The average Bonchev–Trinajstić information content (AvgIpc) is 3.01. The smallest absolute Gasteiger partial charge is 0.261 e. The van der Waals surface area contributed by atoms with Crippen molar-refractivity contribution in [3.63, 3.8) is 0 Å². The number of methoxy groups -OCH3 is 1. The largest absolute Gasteiger partial charge is 0.493 e. The first-order valence-corrected chi connectivity index (χ1v) is 8.79. The zero-order chi connectivity index (χ0) is 18.5. The molecular formula is C19H26N4O3. The van der Waals surface area contributed by atoms with Crippen molar-refractivity contribution in [1.29, 1.82) is 0 Å². The first kappa shape index (κ1) is 18.3. The summed E-state index contributed by atoms with van der Waals surface area (Å²) in [7, 11) is 5.64. The Balaban J connectivity index is 1.73. The van der Waals surface area contributed by atoms with Crippen molar-refractivity contribution in [3.8, 4) is 11.5 Å². The van der Waals surface area contributed by atoms with Gasteiger partial charge in [-0.1, -0.05) is 12.1 Å². The van der Waals surface area contributed by atoms with Gasteiger partial charge < -0.3 is 19.3 Å². The minimum Gasteiger partial charge on any atom is -0.493 e. The van der Waals surface area contributed by atoms with Crippen LogP contribution in [-0.4, -0.2) is 65.9 Å². The highest BCUT2D eigenvalue weighted by Gasteiger charge is 2.28. The molecule has 0 spiro atoms. The third-order valence-corrected chi connectivity index (χ3v) is 4.57. The lowest BCUT2D eigenvalue weighted by Crippen LogP contribution is -2.46. The number of rotatable bonds is 6. The molecule has 1 amide bonds. The first-order chi connectivity index (χ1) is 12.6. The van der Waals surface area contributed by atoms with Gasteiger partial charge in [0, 0.05) is 25.3 Å². The Morgan fingerprint density at radius 3 is 2.77 bits per heavy atom. The number of ether oxygens (including phenoxy) is 2. The van der Waals surface area contributed by atoms with Crippen LogP contribution in [0.4, 0.5) is 0 Å². The summed E-state index contributed by atoms with van der Waals surface area (Å²) in [5, 5.41) is 4.36. The Kier molecular flexibility index (Phi) is 5.78. The van der Waals surface area contributed by atoms with Gasteiger partial charge in [0.2, 0.25) is 0 Å². The van der Waals surface area contributed by atoms with E-state index in [1.54, 1.807) is 19.4 Å². The van der Waals surface area contributed by atoms with Gasteiger partial charge in [-0.15, -0.1) is 0 Å². The van der Waals surface area contributed by atoms with Crippen molar-refractivity contribution in [1.82, 2.24) is 19.6 Å². The number of amides is 1. The molecule has 0 bridgehead atoms. The van der Waals surface area contributed by atoms with Gasteiger partial charge in [0.15, 0.2) is 18.1 Å². The molecular weight excluding hydrogens is 332 g/mol. The van der Waals surface area contributed by atoms with E-state index in [1.807, 2.05) is 47.9 Å². The predicted molar refractivity (Wildman–Crippen MR) is 98.2 cm³/mol. The molecule has 0 radical (unpaired) electrons. The maximum absolute atomic E-state index is 13.0. The second kappa shape index (κ2) is 8.23. The minimum atomic E-state index is -0.0302. The fourth-order valence-corrected chi connectivity index (χ4v) is 3.29. The fraction of sp³-hybridized carbons (Fsp3) is 0.474. The molecule has 0 saturated heterocycles. The summed E-state index contributed by atoms with van der Waals surface area (Å²) in [6, 6.07) is 9.46. The van der Waals surface area contributed by atoms with E-state index in [2.05, 4.69) is 10.00 Å². The van der Waals surface area contributed by atoms with E-state index in [9.17, 15) is 4.79 Å². The summed E-state index contributed by atoms with van der Waals surface area (Å²) < 4.78 is 13.0. The number of fused-ring (bicyclic) bond motifs is 1. The van der Waals surface area contributed by atoms with E-state index in [0.29, 0.717) is 18.0 Å². The quantitative estimate of drug-likeness (QED) is 0.786. The van der Waals surface area contributed by atoms with Gasteiger partial charge in [-0.2, -0.15) is 5.10 Å². The molecule has 26 heavy (non-hydrogen) atoms. The number of para-hydroxylation sites is 2. The standard InChI is InChI=1S/C19H26N4O3/c1-21(2)12-15-9-11-23-16(8-10-20-23)13-22(15)19(24)14-26-18-7-5-4-6-17(18)25-3/h4-8,10,15H,9,11-14H2,1-3H3. The average molecular weight is 358 g/mol. The molecule has 1 atom stereocenters. The van der Waals surface area contributed by atoms with Crippen molar-refractivity contribution < 1.29 is 14.3 Å². The predicted octanol–water partition coefficient (Wildman–Crippen LogP) is 1.63. The molecule has 1 aromatic heterocycles. The third-order valence-electron chi connectivity index (χ3n) is 4.57. The van der Waals surface area contributed by atoms with E-state index in [4.69, 9.17) is 9.47 Å². The highest BCUT2D eigenvalue weighted by atomic mass is 16.5. The first-order valence-electron chi connectivity index (χ1n) is 8.79. The minimum absolute atomic E-state index is 0.0154. The number of hydrogen-bond donors (Lipinski definition) is 0. The number of hydrogen-bond acceptors (Lipinski definition) is 5. The van der Waals surface area contributed by atoms with Crippen LogP contribution in [0.2, 0.25) is 0 Å². The lowest BCUT2D eigenvalue weighted by atomic mass is 10.1. The fourth-order valence-electron chi connectivity index (χ4n) is 3.29. The van der Waals surface area contributed by atoms with Gasteiger partial charge in [-0.05, 0) is 38.7 Å². The summed E-state index contributed by atoms with van der Waals surface area (Å²) in [4.78, 5) is 17.0. The second-order valence-corrected chi connectivity index (χ2v) is 6.71. The molecule has 0 saturated carbocycles. The number of aromatic nitrogens is 2. The van der Waals surface area contributed by atoms with Crippen LogP contribution < -0.4 is 9.47 Å². The Bertz CT molecular complexity index is 744. The number of carbonyl (C=O) groups excluding carboxylic acids is 1. The Hall–Kier alpha value is -2.54. The molecule has 7 nitrogen and oxygen atoms in total. The van der Waals surface area contributed by atoms with Gasteiger partial charge in [0.1, 0.15) is 0 Å². The number of aryl methyl sites for hydroxylation is 1. The van der Waals surface area contributed by atoms with E-state index >= 15 is 0 Å². The molecule has 1 aliphatic heterocycles. The highest BCUT2D eigenvalue weighted by Crippen LogP contribution is 2.26. The zero-order valence-corrected chi connectivity index (χ0v) is 15.6. The van der Waals surface area contributed by atoms with E-state index in [0.717, 1.165) is 25.2 Å². The maximum atomic E-state index is 13.0. The summed E-state index contributed by atoms with van der Waals surface area (Å²) >= 11 is 0. The highest BCUT2D eigenvalue weighted by molar-refractivity contribution is 5.78. The van der Waals surface area contributed by atoms with Crippen LogP contribution in [0, 0.1) is 0 Å². The lowest BCUT2D eigenvalue weighted by molar-refractivity contribution is -0.136. The van der Waals surface area contributed by atoms with Crippen LogP contribution in [-0.2, 0) is 17.9 Å². The molecule has 3 rings (SSSR count). The van der Waals surface area contributed by atoms with Crippen molar-refractivity contribution in [2.45, 2.75) is 25.6 Å². The van der Waals surface area contributed by atoms with Crippen LogP contribution in [0.1, 0.15) is 12.1 Å². The summed E-state index contributed by atoms with van der Waals surface area (Å²) in [6.07, 6.45) is 2.66. The molecule has 2 aromatic rings. The third kappa shape index (κ3) is 4.16. The number of benzene rings is 1. The Morgan fingerprint density at radius 1 is 1.27 bits per heavy atom. The topological polar surface area (TPSA) is 59.8 Å². The second-order valence-electron chi connectivity index (χ2n) is 6.71. The van der Waals surface area contributed by atoms with Crippen LogP contribution >= 0.6 is 0 Å². The summed E-state index contributed by atoms with van der Waals surface area (Å²) in [5.41, 5.74) is 1.05. The normalized spacial score (nSPS) is 16.9. The molecule has 1 aromatic carbocycles. The molecule has 1 unspecified atom stereocenters. The van der Waals surface area contributed by atoms with Gasteiger partial charge >= 0.3 is 0 Å². The summed E-state index contributed by atoms with van der Waals surface area (Å²) in [6.45, 7) is 2.16. The van der Waals surface area contributed by atoms with E-state index in [1.165, 1.54) is 0 Å². The molecule has 0 aliphatic carbocycles. The monoisotopic (exact) mass is 358 g/mol. The van der Waals surface area contributed by atoms with Crippen molar-refractivity contribution in [2.24, 2.45) is 0 Å². The zero-order valence-electron chi connectivity index (χ0n) is 15.6. The van der Waals surface area contributed by atoms with Gasteiger partial charge in [0.05, 0.1) is 19.3 Å². The lowest BCUT2D eigenvalue weighted by Gasteiger charge is -2.31. The van der Waals surface area contributed by atoms with E-state index in [-0.39, 0.29) is 18.6 Å². The number of likely N-dealkylation sites (N-methyl/N-ethyl adjacent to an activating group) is 1. The number of carbonyl (C=O) groups is 1. The van der Waals surface area contributed by atoms with Gasteiger partial charge in [-0.3, -0.25) is 9.48 Å². The molecule has 2 heterocycles. The van der Waals surface area contributed by atoms with Crippen LogP contribution in [0.3, 0.4) is 0 Å². The molecule has 0 N–H and O–H groups in total. The molecule has 7 heteroatoms. The molecule has 0 fully saturated rings. The Morgan fingerprint density at radius 2 is 2.04 bits per heavy atom. The van der Waals surface area contributed by atoms with Gasteiger partial charge in [0.25, 0.3) is 5.91 Å². The van der Waals surface area contributed by atoms with Crippen molar-refractivity contribution >= 4 is 5.91 Å². The van der Waals surface area contributed by atoms with Gasteiger partial charge in [-0.25, -0.2) is 0 Å². The van der Waals surface area contributed by atoms with Crippen LogP contribution in [0.25, 0.3) is 0 Å². The summed E-state index contributed by atoms with van der Waals surface area (Å²) in [5.74, 6) is 1.17. The molecule has 140 valence electrons. The van der Waals surface area contributed by atoms with Crippen molar-refractivity contribution in [2.75, 3.05) is 34.4 Å². The molecule has 1 aliphatic rings. The SMILES string of the molecule is COc1ccccc1OCC(=O)N1Cc2ccnn2CCC1CN(C)C. The number of nitrogens with zero attached hydrogens (tertiary/aromatic N) is 4. The van der Waals surface area contributed by atoms with Crippen molar-refractivity contribution in [3.05, 3.63) is 42.2 Å².